The summed E-state index contributed by atoms with van der Waals surface area (Å²) in [6, 6.07) is 3.68. The minimum absolute atomic E-state index is 0.00212. The molecule has 2 aliphatic rings. The van der Waals surface area contributed by atoms with Crippen molar-refractivity contribution in [3.63, 3.8) is 0 Å². The first-order valence-corrected chi connectivity index (χ1v) is 13.9. The third kappa shape index (κ3) is 7.06. The lowest BCUT2D eigenvalue weighted by Crippen LogP contribution is -2.20. The first kappa shape index (κ1) is 26.2. The average molecular weight is 497 g/mol. The minimum atomic E-state index is -0.704. The number of carboxylic acid groups (broad SMARTS) is 1. The third-order valence-electron chi connectivity index (χ3n) is 6.21. The molecule has 3 unspecified atom stereocenters. The van der Waals surface area contributed by atoms with Crippen molar-refractivity contribution in [1.29, 1.82) is 0 Å². The summed E-state index contributed by atoms with van der Waals surface area (Å²) in [5.41, 5.74) is 1.58. The lowest BCUT2D eigenvalue weighted by atomic mass is 10.0. The summed E-state index contributed by atoms with van der Waals surface area (Å²) in [7, 11) is 1.61. The minimum Gasteiger partial charge on any atom is -0.496 e. The number of hydrogen-bond acceptors (Lipinski definition) is 7. The monoisotopic (exact) mass is 496 g/mol. The molecule has 1 aliphatic heterocycles. The molecule has 1 aliphatic carbocycles. The Morgan fingerprint density at radius 2 is 2.18 bits per heavy atom. The molecule has 6 nitrogen and oxygen atoms in total. The first-order valence-electron chi connectivity index (χ1n) is 11.8. The number of carbonyl (C=O) groups excluding carboxylic acids is 1. The molecule has 1 spiro atoms. The van der Waals surface area contributed by atoms with E-state index in [1.165, 1.54) is 0 Å². The number of Topliss-reactive ketones (excluding diaryl/α,β-unsaturated/α-hetero) is 1. The van der Waals surface area contributed by atoms with Crippen molar-refractivity contribution in [3.8, 4) is 11.5 Å². The predicted octanol–water partition coefficient (Wildman–Crippen LogP) is 5.46. The Morgan fingerprint density at radius 3 is 2.88 bits per heavy atom. The van der Waals surface area contributed by atoms with Crippen LogP contribution in [0.2, 0.25) is 0 Å². The van der Waals surface area contributed by atoms with Gasteiger partial charge in [0.15, 0.2) is 5.78 Å². The Balaban J connectivity index is 1.39. The SMILES string of the molecule is CCCc1c(OCCCSCC2COC3(CCC(CC(=O)O)C3)S2)ccc(C(C)=O)c1OC. The van der Waals surface area contributed by atoms with E-state index in [1.54, 1.807) is 20.1 Å². The summed E-state index contributed by atoms with van der Waals surface area (Å²) in [4.78, 5) is 22.8. The number of benzene rings is 1. The number of carbonyl (C=O) groups is 2. The zero-order chi connectivity index (χ0) is 23.8. The van der Waals surface area contributed by atoms with Crippen LogP contribution in [0.5, 0.6) is 11.5 Å². The summed E-state index contributed by atoms with van der Waals surface area (Å²) < 4.78 is 17.8. The molecule has 0 aromatic heterocycles. The highest BCUT2D eigenvalue weighted by molar-refractivity contribution is 8.04. The summed E-state index contributed by atoms with van der Waals surface area (Å²) in [6.07, 6.45) is 5.74. The first-order chi connectivity index (χ1) is 15.9. The van der Waals surface area contributed by atoms with E-state index in [1.807, 2.05) is 29.6 Å². The highest BCUT2D eigenvalue weighted by atomic mass is 32.2. The van der Waals surface area contributed by atoms with Crippen LogP contribution in [0.3, 0.4) is 0 Å². The van der Waals surface area contributed by atoms with E-state index in [4.69, 9.17) is 19.3 Å². The molecule has 1 saturated heterocycles. The number of hydrogen-bond donors (Lipinski definition) is 1. The standard InChI is InChI=1S/C25H36O6S2/c1-4-6-21-22(8-7-20(17(2)26)24(21)29-3)30-11-5-12-32-16-19-15-31-25(33-19)10-9-18(14-25)13-23(27)28/h7-8,18-19H,4-6,9-16H2,1-3H3,(H,27,28). The van der Waals surface area contributed by atoms with E-state index >= 15 is 0 Å². The van der Waals surface area contributed by atoms with Crippen LogP contribution in [-0.2, 0) is 16.0 Å². The number of methoxy groups -OCH3 is 1. The van der Waals surface area contributed by atoms with Gasteiger partial charge in [-0.15, -0.1) is 11.8 Å². The van der Waals surface area contributed by atoms with E-state index in [-0.39, 0.29) is 23.1 Å². The van der Waals surface area contributed by atoms with Crippen LogP contribution in [0.4, 0.5) is 0 Å². The number of thioether (sulfide) groups is 2. The molecule has 2 fully saturated rings. The lowest BCUT2D eigenvalue weighted by Gasteiger charge is -2.21. The van der Waals surface area contributed by atoms with E-state index in [9.17, 15) is 9.59 Å². The molecule has 3 rings (SSSR count). The van der Waals surface area contributed by atoms with E-state index < -0.39 is 5.97 Å². The van der Waals surface area contributed by atoms with Crippen molar-refractivity contribution in [2.24, 2.45) is 5.92 Å². The topological polar surface area (TPSA) is 82.1 Å². The molecule has 33 heavy (non-hydrogen) atoms. The molecule has 3 atom stereocenters. The Labute approximate surface area is 205 Å². The second kappa shape index (κ2) is 12.4. The van der Waals surface area contributed by atoms with Crippen LogP contribution in [0.1, 0.15) is 68.3 Å². The fraction of sp³-hybridized carbons (Fsp3) is 0.680. The molecule has 8 heteroatoms. The van der Waals surface area contributed by atoms with Gasteiger partial charge in [-0.25, -0.2) is 0 Å². The van der Waals surface area contributed by atoms with Crippen molar-refractivity contribution < 1.29 is 28.9 Å². The maximum absolute atomic E-state index is 11.9. The maximum Gasteiger partial charge on any atom is 0.303 e. The quantitative estimate of drug-likeness (QED) is 0.285. The largest absolute Gasteiger partial charge is 0.496 e. The molecule has 1 N–H and O–H groups in total. The Bertz CT molecular complexity index is 829. The fourth-order valence-electron chi connectivity index (χ4n) is 4.73. The summed E-state index contributed by atoms with van der Waals surface area (Å²) in [6.45, 7) is 5.05. The number of ether oxygens (including phenoxy) is 3. The van der Waals surface area contributed by atoms with Crippen LogP contribution < -0.4 is 9.47 Å². The van der Waals surface area contributed by atoms with E-state index in [2.05, 4.69) is 6.92 Å². The van der Waals surface area contributed by atoms with Crippen LogP contribution in [0.15, 0.2) is 12.1 Å². The van der Waals surface area contributed by atoms with Crippen molar-refractivity contribution >= 4 is 35.3 Å². The summed E-state index contributed by atoms with van der Waals surface area (Å²) >= 11 is 3.84. The van der Waals surface area contributed by atoms with E-state index in [0.29, 0.717) is 23.2 Å². The third-order valence-corrected chi connectivity index (χ3v) is 9.19. The molecule has 184 valence electrons. The molecule has 1 saturated carbocycles. The van der Waals surface area contributed by atoms with Gasteiger partial charge in [-0.1, -0.05) is 13.3 Å². The van der Waals surface area contributed by atoms with Crippen molar-refractivity contribution in [1.82, 2.24) is 0 Å². The Hall–Kier alpha value is -1.38. The summed E-state index contributed by atoms with van der Waals surface area (Å²) in [5.74, 6) is 3.04. The van der Waals surface area contributed by atoms with Gasteiger partial charge in [0, 0.05) is 23.0 Å². The average Bonchev–Trinajstić information content (AvgIpc) is 3.36. The maximum atomic E-state index is 11.9. The number of aliphatic carboxylic acids is 1. The van der Waals surface area contributed by atoms with Crippen LogP contribution in [-0.4, -0.2) is 58.9 Å². The Kier molecular flexibility index (Phi) is 9.82. The molecule has 0 radical (unpaired) electrons. The van der Waals surface area contributed by atoms with Gasteiger partial charge in [-0.3, -0.25) is 9.59 Å². The molecule has 0 bridgehead atoms. The van der Waals surface area contributed by atoms with Crippen molar-refractivity contribution in [2.45, 2.75) is 69.0 Å². The molecule has 1 aromatic carbocycles. The Morgan fingerprint density at radius 1 is 1.36 bits per heavy atom. The van der Waals surface area contributed by atoms with Crippen molar-refractivity contribution in [2.75, 3.05) is 31.8 Å². The second-order valence-electron chi connectivity index (χ2n) is 8.87. The van der Waals surface area contributed by atoms with Crippen LogP contribution in [0, 0.1) is 5.92 Å². The second-order valence-corrected chi connectivity index (χ2v) is 11.7. The molecular weight excluding hydrogens is 460 g/mol. The van der Waals surface area contributed by atoms with E-state index in [0.717, 1.165) is 68.0 Å². The molecular formula is C25H36O6S2. The van der Waals surface area contributed by atoms with Gasteiger partial charge in [0.25, 0.3) is 0 Å². The van der Waals surface area contributed by atoms with Crippen LogP contribution in [0.25, 0.3) is 0 Å². The van der Waals surface area contributed by atoms with Gasteiger partial charge in [0.2, 0.25) is 0 Å². The molecule has 1 aromatic rings. The zero-order valence-corrected chi connectivity index (χ0v) is 21.5. The normalized spacial score (nSPS) is 24.3. The number of carboxylic acids is 1. The predicted molar refractivity (Wildman–Crippen MR) is 134 cm³/mol. The van der Waals surface area contributed by atoms with Gasteiger partial charge in [0.1, 0.15) is 16.4 Å². The molecule has 1 heterocycles. The molecule has 0 amide bonds. The number of rotatable bonds is 13. The van der Waals surface area contributed by atoms with Gasteiger partial charge in [0.05, 0.1) is 25.9 Å². The van der Waals surface area contributed by atoms with Gasteiger partial charge in [-0.2, -0.15) is 11.8 Å². The van der Waals surface area contributed by atoms with Crippen molar-refractivity contribution in [3.05, 3.63) is 23.3 Å². The van der Waals surface area contributed by atoms with Gasteiger partial charge < -0.3 is 19.3 Å². The fourth-order valence-corrected chi connectivity index (χ4v) is 7.58. The summed E-state index contributed by atoms with van der Waals surface area (Å²) in [5, 5.41) is 9.51. The van der Waals surface area contributed by atoms with Gasteiger partial charge in [-0.05, 0) is 62.8 Å². The smallest absolute Gasteiger partial charge is 0.303 e. The van der Waals surface area contributed by atoms with Gasteiger partial charge >= 0.3 is 5.97 Å². The van der Waals surface area contributed by atoms with Crippen LogP contribution >= 0.6 is 23.5 Å². The highest BCUT2D eigenvalue weighted by Gasteiger charge is 2.47. The lowest BCUT2D eigenvalue weighted by molar-refractivity contribution is -0.138. The number of ketones is 1. The zero-order valence-electron chi connectivity index (χ0n) is 19.9. The highest BCUT2D eigenvalue weighted by Crippen LogP contribution is 2.52.